The Morgan fingerprint density at radius 1 is 1.35 bits per heavy atom. The number of rotatable bonds is 5. The van der Waals surface area contributed by atoms with Gasteiger partial charge in [-0.25, -0.2) is 0 Å². The van der Waals surface area contributed by atoms with E-state index in [4.69, 9.17) is 0 Å². The first-order valence-electron chi connectivity index (χ1n) is 8.69. The summed E-state index contributed by atoms with van der Waals surface area (Å²) in [5, 5.41) is 11.4. The number of carbonyl (C=O) groups excluding carboxylic acids is 1. The summed E-state index contributed by atoms with van der Waals surface area (Å²) < 4.78 is 0. The van der Waals surface area contributed by atoms with Crippen LogP contribution in [0.15, 0.2) is 43.0 Å². The molecule has 2 saturated carbocycles. The van der Waals surface area contributed by atoms with E-state index in [0.29, 0.717) is 18.8 Å². The minimum atomic E-state index is -1.19. The Kier molecular flexibility index (Phi) is 3.79. The normalized spacial score (nSPS) is 35.9. The smallest absolute Gasteiger partial charge is 0.165 e. The van der Waals surface area contributed by atoms with Gasteiger partial charge in [0.1, 0.15) is 5.60 Å². The number of Topliss-reactive ketones (excluding diaryl/α,β-unsaturated/α-hetero) is 1. The fourth-order valence-electron chi connectivity index (χ4n) is 5.10. The Labute approximate surface area is 139 Å². The van der Waals surface area contributed by atoms with Crippen molar-refractivity contribution >= 4 is 5.78 Å². The highest BCUT2D eigenvalue weighted by Crippen LogP contribution is 2.70. The molecule has 0 amide bonds. The van der Waals surface area contributed by atoms with Crippen molar-refractivity contribution in [2.24, 2.45) is 16.7 Å². The number of benzene rings is 1. The Morgan fingerprint density at radius 2 is 2.00 bits per heavy atom. The first kappa shape index (κ1) is 16.4. The van der Waals surface area contributed by atoms with Crippen molar-refractivity contribution in [3.63, 3.8) is 0 Å². The molecule has 1 unspecified atom stereocenters. The molecule has 2 bridgehead atoms. The summed E-state index contributed by atoms with van der Waals surface area (Å²) in [4.78, 5) is 13.1. The van der Waals surface area contributed by atoms with Gasteiger partial charge in [-0.2, -0.15) is 0 Å². The molecular formula is C21H28O2. The molecule has 1 aromatic carbocycles. The van der Waals surface area contributed by atoms with Crippen molar-refractivity contribution in [3.05, 3.63) is 48.6 Å². The highest BCUT2D eigenvalue weighted by atomic mass is 16.3. The Morgan fingerprint density at radius 3 is 2.48 bits per heavy atom. The maximum atomic E-state index is 13.1. The van der Waals surface area contributed by atoms with Crippen LogP contribution in [0.4, 0.5) is 0 Å². The third kappa shape index (κ3) is 2.15. The van der Waals surface area contributed by atoms with E-state index in [1.54, 1.807) is 0 Å². The summed E-state index contributed by atoms with van der Waals surface area (Å²) in [7, 11) is 0. The van der Waals surface area contributed by atoms with Crippen molar-refractivity contribution in [1.29, 1.82) is 0 Å². The quantitative estimate of drug-likeness (QED) is 0.813. The number of hydrogen-bond donors (Lipinski definition) is 1. The highest BCUT2D eigenvalue weighted by Gasteiger charge is 2.70. The molecule has 2 fully saturated rings. The monoisotopic (exact) mass is 312 g/mol. The molecule has 2 aliphatic rings. The zero-order chi connectivity index (χ0) is 16.9. The molecule has 2 aliphatic carbocycles. The molecule has 0 radical (unpaired) electrons. The molecule has 124 valence electrons. The number of hydrogen-bond acceptors (Lipinski definition) is 2. The zero-order valence-electron chi connectivity index (χ0n) is 14.5. The Hall–Kier alpha value is -1.41. The molecule has 1 N–H and O–H groups in total. The van der Waals surface area contributed by atoms with Gasteiger partial charge in [-0.3, -0.25) is 4.79 Å². The lowest BCUT2D eigenvalue weighted by atomic mass is 9.62. The van der Waals surface area contributed by atoms with Crippen LogP contribution in [0.5, 0.6) is 0 Å². The molecule has 0 spiro atoms. The molecule has 0 saturated heterocycles. The van der Waals surface area contributed by atoms with Crippen LogP contribution in [-0.4, -0.2) is 16.5 Å². The van der Waals surface area contributed by atoms with Gasteiger partial charge in [0.15, 0.2) is 5.78 Å². The molecule has 23 heavy (non-hydrogen) atoms. The van der Waals surface area contributed by atoms with E-state index < -0.39 is 5.60 Å². The molecule has 0 heterocycles. The van der Waals surface area contributed by atoms with Crippen LogP contribution < -0.4 is 0 Å². The van der Waals surface area contributed by atoms with Gasteiger partial charge in [-0.15, -0.1) is 6.58 Å². The van der Waals surface area contributed by atoms with E-state index in [1.807, 2.05) is 36.4 Å². The van der Waals surface area contributed by atoms with E-state index in [2.05, 4.69) is 27.4 Å². The SMILES string of the molecule is C=CC(CC(=O)[C@@]1(O)C[C@H]2CC[C@]1(C)C2(C)C)c1ccccc1. The predicted molar refractivity (Wildman–Crippen MR) is 93.2 cm³/mol. The van der Waals surface area contributed by atoms with Crippen LogP contribution in [0.2, 0.25) is 0 Å². The first-order valence-corrected chi connectivity index (χ1v) is 8.69. The van der Waals surface area contributed by atoms with E-state index in [1.165, 1.54) is 0 Å². The van der Waals surface area contributed by atoms with Crippen molar-refractivity contribution in [1.82, 2.24) is 0 Å². The summed E-state index contributed by atoms with van der Waals surface area (Å²) in [5.41, 5.74) is -0.389. The number of fused-ring (bicyclic) bond motifs is 2. The second-order valence-electron chi connectivity index (χ2n) is 8.23. The second kappa shape index (κ2) is 5.31. The van der Waals surface area contributed by atoms with E-state index in [0.717, 1.165) is 18.4 Å². The zero-order valence-corrected chi connectivity index (χ0v) is 14.5. The minimum absolute atomic E-state index is 0.0102. The van der Waals surface area contributed by atoms with E-state index in [9.17, 15) is 9.90 Å². The van der Waals surface area contributed by atoms with Gasteiger partial charge in [0.2, 0.25) is 0 Å². The Balaban J connectivity index is 1.85. The van der Waals surface area contributed by atoms with Crippen molar-refractivity contribution in [2.45, 2.75) is 58.0 Å². The van der Waals surface area contributed by atoms with Gasteiger partial charge >= 0.3 is 0 Å². The highest BCUT2D eigenvalue weighted by molar-refractivity contribution is 5.90. The molecule has 0 aliphatic heterocycles. The molecule has 3 rings (SSSR count). The average molecular weight is 312 g/mol. The predicted octanol–water partition coefficient (Wildman–Crippen LogP) is 4.49. The Bertz CT molecular complexity index is 618. The molecule has 2 heteroatoms. The fraction of sp³-hybridized carbons (Fsp3) is 0.571. The van der Waals surface area contributed by atoms with Crippen LogP contribution in [0.3, 0.4) is 0 Å². The summed E-state index contributed by atoms with van der Waals surface area (Å²) in [5.74, 6) is 0.406. The lowest BCUT2D eigenvalue weighted by Gasteiger charge is -2.44. The van der Waals surface area contributed by atoms with Crippen molar-refractivity contribution < 1.29 is 9.90 Å². The lowest BCUT2D eigenvalue weighted by Crippen LogP contribution is -2.53. The van der Waals surface area contributed by atoms with Crippen molar-refractivity contribution in [2.75, 3.05) is 0 Å². The third-order valence-electron chi connectivity index (χ3n) is 7.27. The van der Waals surface area contributed by atoms with Crippen LogP contribution in [-0.2, 0) is 4.79 Å². The summed E-state index contributed by atoms with van der Waals surface area (Å²) in [6.45, 7) is 10.5. The number of allylic oxidation sites excluding steroid dienone is 1. The topological polar surface area (TPSA) is 37.3 Å². The van der Waals surface area contributed by atoms with Crippen molar-refractivity contribution in [3.8, 4) is 0 Å². The number of aliphatic hydroxyl groups is 1. The summed E-state index contributed by atoms with van der Waals surface area (Å²) in [6, 6.07) is 9.98. The van der Waals surface area contributed by atoms with Gasteiger partial charge < -0.3 is 5.11 Å². The van der Waals surface area contributed by atoms with E-state index in [-0.39, 0.29) is 22.5 Å². The lowest BCUT2D eigenvalue weighted by molar-refractivity contribution is -0.155. The molecule has 0 aromatic heterocycles. The number of carbonyl (C=O) groups is 1. The van der Waals surface area contributed by atoms with Gasteiger partial charge in [0, 0.05) is 17.8 Å². The van der Waals surface area contributed by atoms with Gasteiger partial charge in [-0.1, -0.05) is 57.2 Å². The molecule has 2 nitrogen and oxygen atoms in total. The number of ketones is 1. The molecule has 1 aromatic rings. The molecule has 4 atom stereocenters. The third-order valence-corrected chi connectivity index (χ3v) is 7.27. The standard InChI is InChI=1S/C21H28O2/c1-5-15(16-9-7-6-8-10-16)13-18(22)21(23)14-17-11-12-20(21,4)19(17,2)3/h5-10,15,17,23H,1,11-14H2,2-4H3/t15?,17-,20-,21+/m1/s1. The van der Waals surface area contributed by atoms with Crippen LogP contribution in [0.25, 0.3) is 0 Å². The second-order valence-corrected chi connectivity index (χ2v) is 8.23. The van der Waals surface area contributed by atoms with Crippen LogP contribution in [0.1, 0.15) is 57.9 Å². The molecular weight excluding hydrogens is 284 g/mol. The van der Waals surface area contributed by atoms with E-state index >= 15 is 0 Å². The first-order chi connectivity index (χ1) is 10.8. The maximum Gasteiger partial charge on any atom is 0.165 e. The van der Waals surface area contributed by atoms with Crippen LogP contribution in [0, 0.1) is 16.7 Å². The van der Waals surface area contributed by atoms with Gasteiger partial charge in [-0.05, 0) is 36.2 Å². The van der Waals surface area contributed by atoms with Crippen LogP contribution >= 0.6 is 0 Å². The van der Waals surface area contributed by atoms with Gasteiger partial charge in [0.05, 0.1) is 0 Å². The summed E-state index contributed by atoms with van der Waals surface area (Å²) in [6.07, 6.45) is 4.85. The average Bonchev–Trinajstić information content (AvgIpc) is 2.85. The maximum absolute atomic E-state index is 13.1. The minimum Gasteiger partial charge on any atom is -0.381 e. The summed E-state index contributed by atoms with van der Waals surface area (Å²) >= 11 is 0. The fourth-order valence-corrected chi connectivity index (χ4v) is 5.10. The van der Waals surface area contributed by atoms with Gasteiger partial charge in [0.25, 0.3) is 0 Å². The largest absolute Gasteiger partial charge is 0.381 e.